The van der Waals surface area contributed by atoms with Gasteiger partial charge in [0, 0.05) is 26.9 Å². The first-order chi connectivity index (χ1) is 25.3. The van der Waals surface area contributed by atoms with Crippen molar-refractivity contribution in [1.29, 1.82) is 0 Å². The van der Waals surface area contributed by atoms with Crippen LogP contribution in [0.2, 0.25) is 36.3 Å². The summed E-state index contributed by atoms with van der Waals surface area (Å²) in [4.78, 5) is 71.2. The number of amides is 5. The number of aryl methyl sites for hydroxylation is 1. The number of rotatable bonds is 5. The minimum atomic E-state index is -2.10. The van der Waals surface area contributed by atoms with E-state index < -0.39 is 28.6 Å². The van der Waals surface area contributed by atoms with Crippen molar-refractivity contribution in [2.45, 2.75) is 121 Å². The average molecular weight is 859 g/mol. The van der Waals surface area contributed by atoms with Crippen LogP contribution in [0.15, 0.2) is 41.2 Å². The number of carbonyl (C=O) groups excluding carboxylic acids is 5. The van der Waals surface area contributed by atoms with E-state index in [-0.39, 0.29) is 50.6 Å². The summed E-state index contributed by atoms with van der Waals surface area (Å²) >= 11 is 3.12. The summed E-state index contributed by atoms with van der Waals surface area (Å²) in [7, 11) is -0.471. The van der Waals surface area contributed by atoms with Crippen LogP contribution in [0.25, 0.3) is 11.0 Å². The maximum Gasteiger partial charge on any atom is 0.329 e. The molecule has 300 valence electrons. The smallest absolute Gasteiger partial charge is 0.329 e. The van der Waals surface area contributed by atoms with E-state index >= 15 is 0 Å². The first-order valence-corrected chi connectivity index (χ1v) is 25.3. The molecular formula is C39H56BrN5O8Si2. The van der Waals surface area contributed by atoms with E-state index in [0.717, 1.165) is 17.0 Å². The number of anilines is 1. The summed E-state index contributed by atoms with van der Waals surface area (Å²) in [6.45, 7) is 21.9. The lowest BCUT2D eigenvalue weighted by molar-refractivity contribution is -0.136. The molecule has 55 heavy (non-hydrogen) atoms. The lowest BCUT2D eigenvalue weighted by Crippen LogP contribution is -2.44. The molecule has 6 rings (SSSR count). The second-order valence-corrected chi connectivity index (χ2v) is 27.9. The third-order valence-corrected chi connectivity index (χ3v) is 20.8. The van der Waals surface area contributed by atoms with Crippen molar-refractivity contribution in [3.05, 3.63) is 52.4 Å². The predicted molar refractivity (Wildman–Crippen MR) is 223 cm³/mol. The Morgan fingerprint density at radius 2 is 1.24 bits per heavy atom. The number of imide groups is 2. The molecule has 0 bridgehead atoms. The van der Waals surface area contributed by atoms with E-state index in [2.05, 4.69) is 94.3 Å². The average Bonchev–Trinajstić information content (AvgIpc) is 3.50. The minimum absolute atomic E-state index is 0.0141. The Bertz CT molecular complexity index is 2060. The van der Waals surface area contributed by atoms with Crippen molar-refractivity contribution in [2.24, 2.45) is 7.05 Å². The Morgan fingerprint density at radius 1 is 0.727 bits per heavy atom. The number of fused-ring (bicyclic) bond motifs is 2. The second-order valence-electron chi connectivity index (χ2n) is 17.3. The van der Waals surface area contributed by atoms with Crippen LogP contribution < -0.4 is 30.1 Å². The molecule has 2 atom stereocenters. The van der Waals surface area contributed by atoms with Gasteiger partial charge in [-0.15, -0.1) is 0 Å². The fourth-order valence-electron chi connectivity index (χ4n) is 5.82. The molecule has 3 aliphatic rings. The Hall–Kier alpha value is -4.03. The van der Waals surface area contributed by atoms with Crippen molar-refractivity contribution >= 4 is 78.8 Å². The van der Waals surface area contributed by atoms with Crippen molar-refractivity contribution in [2.75, 3.05) is 11.9 Å². The summed E-state index contributed by atoms with van der Waals surface area (Å²) in [5.41, 5.74) is 3.07. The zero-order chi connectivity index (χ0) is 41.4. The van der Waals surface area contributed by atoms with Gasteiger partial charge in [0.1, 0.15) is 23.1 Å². The number of nitrogens with zero attached hydrogens (tertiary/aromatic N) is 3. The quantitative estimate of drug-likeness (QED) is 0.168. The molecule has 0 saturated carbocycles. The number of benzene rings is 2. The molecule has 1 aromatic heterocycles. The second kappa shape index (κ2) is 16.2. The number of carbonyl (C=O) groups is 5. The van der Waals surface area contributed by atoms with Crippen molar-refractivity contribution in [1.82, 2.24) is 19.8 Å². The van der Waals surface area contributed by atoms with Crippen molar-refractivity contribution in [3.63, 3.8) is 0 Å². The zero-order valence-electron chi connectivity index (χ0n) is 34.1. The third kappa shape index (κ3) is 9.51. The standard InChI is InChI=1S/C19H27N3O4Si.C15H23NO2Si.C5H6BrNO2/c1-19(2,3)27(5,6)26-14-9-7-8-12-16(14)21(4)18(25)22(12)13-10-11-15(23)20-17(13)24;1-15(2,3)19(5,6)18-12-9-7-8-11-10-13(17)16(4)14(11)12;6-3-1-2-4(8)7-5(3)9/h7-9,13H,10-11H2,1-6H3,(H,20,23,24);7-9H,10H2,1-6H3;3H,1-2H2,(H,7,8,9). The van der Waals surface area contributed by atoms with Gasteiger partial charge in [-0.3, -0.25) is 43.7 Å². The van der Waals surface area contributed by atoms with E-state index in [9.17, 15) is 28.8 Å². The van der Waals surface area contributed by atoms with Crippen LogP contribution in [-0.2, 0) is 37.4 Å². The number of imidazole rings is 1. The number of nitrogens with one attached hydrogen (secondary N) is 2. The highest BCUT2D eigenvalue weighted by atomic mass is 79.9. The maximum absolute atomic E-state index is 12.9. The highest BCUT2D eigenvalue weighted by Gasteiger charge is 2.41. The van der Waals surface area contributed by atoms with Crippen LogP contribution in [0.3, 0.4) is 0 Å². The molecule has 4 heterocycles. The molecule has 5 amide bonds. The van der Waals surface area contributed by atoms with E-state index in [1.807, 2.05) is 43.4 Å². The molecule has 0 radical (unpaired) electrons. The van der Waals surface area contributed by atoms with E-state index in [4.69, 9.17) is 8.85 Å². The van der Waals surface area contributed by atoms with Gasteiger partial charge in [-0.05, 0) is 72.9 Å². The molecule has 16 heteroatoms. The van der Waals surface area contributed by atoms with Gasteiger partial charge >= 0.3 is 5.69 Å². The van der Waals surface area contributed by atoms with Gasteiger partial charge in [-0.25, -0.2) is 4.79 Å². The van der Waals surface area contributed by atoms with E-state index in [0.29, 0.717) is 42.5 Å². The lowest BCUT2D eigenvalue weighted by atomic mass is 10.1. The Balaban J connectivity index is 0.000000207. The van der Waals surface area contributed by atoms with Gasteiger partial charge in [0.2, 0.25) is 29.5 Å². The summed E-state index contributed by atoms with van der Waals surface area (Å²) in [5.74, 6) is 0.536. The lowest BCUT2D eigenvalue weighted by Gasteiger charge is -2.37. The van der Waals surface area contributed by atoms with E-state index in [1.54, 1.807) is 11.9 Å². The maximum atomic E-state index is 12.9. The minimum Gasteiger partial charge on any atom is -0.542 e. The van der Waals surface area contributed by atoms with E-state index in [1.165, 1.54) is 9.13 Å². The van der Waals surface area contributed by atoms with Crippen LogP contribution in [-0.4, -0.2) is 67.2 Å². The number of para-hydroxylation sites is 2. The molecule has 3 aromatic rings. The van der Waals surface area contributed by atoms with Crippen LogP contribution in [0.4, 0.5) is 5.69 Å². The number of hydrogen-bond acceptors (Lipinski definition) is 8. The van der Waals surface area contributed by atoms with Crippen LogP contribution in [0, 0.1) is 0 Å². The van der Waals surface area contributed by atoms with Crippen LogP contribution >= 0.6 is 15.9 Å². The van der Waals surface area contributed by atoms with Gasteiger partial charge in [0.05, 0.1) is 22.5 Å². The first kappa shape index (κ1) is 43.7. The molecule has 0 aliphatic carbocycles. The monoisotopic (exact) mass is 857 g/mol. The molecule has 2 unspecified atom stereocenters. The number of halogens is 1. The SMILES string of the molecule is CN1C(=O)Cc2cccc(O[Si](C)(C)C(C)(C)C)c21.Cn1c(=O)n(C2CCC(=O)NC2=O)c2cccc(O[Si](C)(C)C(C)(C)C)c21.O=C1CCC(Br)C(=O)N1. The Morgan fingerprint density at radius 3 is 1.76 bits per heavy atom. The number of alkyl halides is 1. The summed E-state index contributed by atoms with van der Waals surface area (Å²) < 4.78 is 15.9. The molecule has 2 aromatic carbocycles. The summed E-state index contributed by atoms with van der Waals surface area (Å²) in [6, 6.07) is 10.8. The first-order valence-electron chi connectivity index (χ1n) is 18.5. The van der Waals surface area contributed by atoms with Crippen molar-refractivity contribution in [3.8, 4) is 11.5 Å². The Labute approximate surface area is 333 Å². The third-order valence-electron chi connectivity index (χ3n) is 11.2. The molecule has 13 nitrogen and oxygen atoms in total. The summed E-state index contributed by atoms with van der Waals surface area (Å²) in [5, 5.41) is 4.70. The zero-order valence-corrected chi connectivity index (χ0v) is 37.7. The molecule has 2 fully saturated rings. The van der Waals surface area contributed by atoms with Gasteiger partial charge in [0.15, 0.2) is 0 Å². The van der Waals surface area contributed by atoms with Gasteiger partial charge in [-0.1, -0.05) is 75.7 Å². The topological polar surface area (TPSA) is 158 Å². The normalized spacial score (nSPS) is 19.1. The van der Waals surface area contributed by atoms with Crippen LogP contribution in [0.5, 0.6) is 11.5 Å². The predicted octanol–water partition coefficient (Wildman–Crippen LogP) is 6.48. The van der Waals surface area contributed by atoms with Gasteiger partial charge in [-0.2, -0.15) is 0 Å². The molecule has 0 spiro atoms. The number of hydrogen-bond donors (Lipinski definition) is 2. The number of likely N-dealkylation sites (N-methyl/N-ethyl adjacent to an activating group) is 1. The fraction of sp³-hybridized carbons (Fsp3) is 0.538. The van der Waals surface area contributed by atoms with Crippen molar-refractivity contribution < 1.29 is 32.8 Å². The molecule has 2 N–H and O–H groups in total. The number of aromatic nitrogens is 2. The van der Waals surface area contributed by atoms with Gasteiger partial charge < -0.3 is 13.8 Å². The van der Waals surface area contributed by atoms with Crippen LogP contribution in [0.1, 0.15) is 78.8 Å². The van der Waals surface area contributed by atoms with Gasteiger partial charge in [0.25, 0.3) is 16.6 Å². The summed E-state index contributed by atoms with van der Waals surface area (Å²) in [6.07, 6.45) is 2.09. The highest BCUT2D eigenvalue weighted by molar-refractivity contribution is 9.10. The largest absolute Gasteiger partial charge is 0.542 e. The fourth-order valence-corrected chi connectivity index (χ4v) is 8.20. The Kier molecular flexibility index (Phi) is 12.9. The number of piperidine rings is 2. The highest BCUT2D eigenvalue weighted by Crippen LogP contribution is 2.43. The molecule has 2 saturated heterocycles. The molecular weight excluding hydrogens is 803 g/mol. The molecule has 3 aliphatic heterocycles.